The Labute approximate surface area is 183 Å². The Morgan fingerprint density at radius 3 is 2.48 bits per heavy atom. The summed E-state index contributed by atoms with van der Waals surface area (Å²) in [5.74, 6) is 0.0167. The van der Waals surface area contributed by atoms with Crippen LogP contribution in [0.5, 0.6) is 0 Å². The van der Waals surface area contributed by atoms with Crippen LogP contribution in [0.2, 0.25) is 10.0 Å². The van der Waals surface area contributed by atoms with Gasteiger partial charge in [-0.05, 0) is 43.1 Å². The lowest BCUT2D eigenvalue weighted by molar-refractivity contribution is 0.376. The second-order valence-corrected chi connectivity index (χ2v) is 9.81. The highest BCUT2D eigenvalue weighted by Crippen LogP contribution is 2.34. The third-order valence-electron chi connectivity index (χ3n) is 4.00. The Balaban J connectivity index is 1.87. The van der Waals surface area contributed by atoms with Crippen LogP contribution in [0.4, 0.5) is 10.2 Å². The first-order chi connectivity index (χ1) is 13.6. The smallest absolute Gasteiger partial charge is 0.312 e. The van der Waals surface area contributed by atoms with Gasteiger partial charge in [0.2, 0.25) is 0 Å². The van der Waals surface area contributed by atoms with Crippen LogP contribution in [0, 0.1) is 11.5 Å². The topological polar surface area (TPSA) is 81.7 Å². The van der Waals surface area contributed by atoms with E-state index in [0.717, 1.165) is 24.4 Å². The number of aromatic nitrogens is 4. The van der Waals surface area contributed by atoms with E-state index in [9.17, 15) is 4.39 Å². The van der Waals surface area contributed by atoms with Crippen molar-refractivity contribution in [2.75, 3.05) is 18.8 Å². The van der Waals surface area contributed by atoms with Gasteiger partial charge in [0.05, 0.1) is 0 Å². The monoisotopic (exact) mass is 456 g/mol. The lowest BCUT2D eigenvalue weighted by Gasteiger charge is -2.18. The molecule has 0 radical (unpaired) electrons. The van der Waals surface area contributed by atoms with Crippen molar-refractivity contribution >= 4 is 51.9 Å². The van der Waals surface area contributed by atoms with E-state index in [2.05, 4.69) is 41.0 Å². The normalized spacial score (nSPS) is 12.1. The molecule has 0 saturated heterocycles. The number of nitrogens with zero attached hydrogens (tertiary/aromatic N) is 4. The highest BCUT2D eigenvalue weighted by molar-refractivity contribution is 7.99. The summed E-state index contributed by atoms with van der Waals surface area (Å²) in [6.07, 6.45) is -0.0546. The lowest BCUT2D eigenvalue weighted by atomic mass is 9.97. The molecule has 0 amide bonds. The van der Waals surface area contributed by atoms with Crippen molar-refractivity contribution in [3.8, 4) is 0 Å². The first-order valence-corrected chi connectivity index (χ1v) is 10.7. The molecule has 0 unspecified atom stereocenters. The zero-order valence-electron chi connectivity index (χ0n) is 16.5. The molecule has 3 N–H and O–H groups in total. The van der Waals surface area contributed by atoms with E-state index in [1.54, 1.807) is 18.2 Å². The number of fused-ring (bicyclic) bond motifs is 1. The van der Waals surface area contributed by atoms with Gasteiger partial charge < -0.3 is 15.6 Å². The molecule has 0 bridgehead atoms. The Kier molecular flexibility index (Phi) is 6.88. The SMILES string of the molecule is CC(C)(C)CNCCCn1c(Sc2cc(Cl)cc(Cl)c2)nc2c(N)nc(F)nc21. The summed E-state index contributed by atoms with van der Waals surface area (Å²) in [6.45, 7) is 8.85. The second-order valence-electron chi connectivity index (χ2n) is 7.89. The van der Waals surface area contributed by atoms with Gasteiger partial charge in [-0.1, -0.05) is 55.7 Å². The van der Waals surface area contributed by atoms with Gasteiger partial charge in [-0.3, -0.25) is 0 Å². The third kappa shape index (κ3) is 5.94. The molecule has 1 aromatic carbocycles. The van der Waals surface area contributed by atoms with Crippen molar-refractivity contribution in [2.24, 2.45) is 5.41 Å². The largest absolute Gasteiger partial charge is 0.382 e. The van der Waals surface area contributed by atoms with Crippen LogP contribution >= 0.6 is 35.0 Å². The lowest BCUT2D eigenvalue weighted by Crippen LogP contribution is -2.28. The van der Waals surface area contributed by atoms with E-state index in [1.807, 2.05) is 4.57 Å². The number of nitrogens with one attached hydrogen (secondary N) is 1. The third-order valence-corrected chi connectivity index (χ3v) is 5.40. The maximum Gasteiger partial charge on any atom is 0.312 e. The Hall–Kier alpha value is -1.61. The predicted octanol–water partition coefficient (Wildman–Crippen LogP) is 5.03. The zero-order chi connectivity index (χ0) is 21.2. The average Bonchev–Trinajstić information content (AvgIpc) is 2.90. The van der Waals surface area contributed by atoms with Crippen molar-refractivity contribution < 1.29 is 4.39 Å². The van der Waals surface area contributed by atoms with Crippen LogP contribution < -0.4 is 11.1 Å². The van der Waals surface area contributed by atoms with Crippen LogP contribution in [0.3, 0.4) is 0 Å². The van der Waals surface area contributed by atoms with Crippen LogP contribution in [0.25, 0.3) is 11.2 Å². The summed E-state index contributed by atoms with van der Waals surface area (Å²) < 4.78 is 15.7. The molecule has 0 aliphatic carbocycles. The Bertz CT molecular complexity index is 998. The maximum absolute atomic E-state index is 13.8. The number of aryl methyl sites for hydroxylation is 1. The van der Waals surface area contributed by atoms with E-state index in [0.29, 0.717) is 32.9 Å². The Morgan fingerprint density at radius 2 is 1.83 bits per heavy atom. The average molecular weight is 457 g/mol. The molecule has 156 valence electrons. The number of rotatable bonds is 7. The minimum atomic E-state index is -0.871. The van der Waals surface area contributed by atoms with Crippen LogP contribution in [-0.2, 0) is 6.54 Å². The van der Waals surface area contributed by atoms with E-state index >= 15 is 0 Å². The predicted molar refractivity (Wildman–Crippen MR) is 117 cm³/mol. The molecule has 2 heterocycles. The molecule has 29 heavy (non-hydrogen) atoms. The van der Waals surface area contributed by atoms with Crippen molar-refractivity contribution in [3.63, 3.8) is 0 Å². The quantitative estimate of drug-likeness (QED) is 0.383. The van der Waals surface area contributed by atoms with Crippen molar-refractivity contribution in [1.29, 1.82) is 0 Å². The molecular weight excluding hydrogens is 434 g/mol. The van der Waals surface area contributed by atoms with Crippen LogP contribution in [-0.4, -0.2) is 32.6 Å². The minimum absolute atomic E-state index is 0.0167. The molecule has 10 heteroatoms. The van der Waals surface area contributed by atoms with Crippen LogP contribution in [0.15, 0.2) is 28.3 Å². The number of anilines is 1. The van der Waals surface area contributed by atoms with Gasteiger partial charge in [-0.25, -0.2) is 4.98 Å². The van der Waals surface area contributed by atoms with Gasteiger partial charge >= 0.3 is 6.08 Å². The fourth-order valence-corrected chi connectivity index (χ4v) is 4.44. The summed E-state index contributed by atoms with van der Waals surface area (Å²) in [4.78, 5) is 12.9. The second kappa shape index (κ2) is 9.04. The van der Waals surface area contributed by atoms with Crippen molar-refractivity contribution in [3.05, 3.63) is 34.3 Å². The Morgan fingerprint density at radius 1 is 1.14 bits per heavy atom. The first-order valence-electron chi connectivity index (χ1n) is 9.16. The number of benzene rings is 1. The number of nitrogens with two attached hydrogens (primary N) is 1. The molecular formula is C19H23Cl2FN6S. The van der Waals surface area contributed by atoms with Gasteiger partial charge in [0.15, 0.2) is 22.1 Å². The number of imidazole rings is 1. The first kappa shape index (κ1) is 22.1. The number of hydrogen-bond acceptors (Lipinski definition) is 6. The summed E-state index contributed by atoms with van der Waals surface area (Å²) in [5.41, 5.74) is 6.84. The highest BCUT2D eigenvalue weighted by atomic mass is 35.5. The summed E-state index contributed by atoms with van der Waals surface area (Å²) in [7, 11) is 0. The fraction of sp³-hybridized carbons (Fsp3) is 0.421. The van der Waals surface area contributed by atoms with E-state index < -0.39 is 6.08 Å². The molecule has 2 aromatic heterocycles. The molecule has 0 fully saturated rings. The number of halogens is 3. The summed E-state index contributed by atoms with van der Waals surface area (Å²) >= 11 is 13.6. The maximum atomic E-state index is 13.8. The van der Waals surface area contributed by atoms with E-state index in [1.165, 1.54) is 11.8 Å². The van der Waals surface area contributed by atoms with Gasteiger partial charge in [0, 0.05) is 21.5 Å². The van der Waals surface area contributed by atoms with E-state index in [4.69, 9.17) is 28.9 Å². The van der Waals surface area contributed by atoms with Gasteiger partial charge in [-0.15, -0.1) is 0 Å². The molecule has 0 saturated carbocycles. The fourth-order valence-electron chi connectivity index (χ4n) is 2.77. The van der Waals surface area contributed by atoms with Gasteiger partial charge in [0.25, 0.3) is 0 Å². The molecule has 0 spiro atoms. The molecule has 0 aliphatic rings. The van der Waals surface area contributed by atoms with Crippen LogP contribution in [0.1, 0.15) is 27.2 Å². The zero-order valence-corrected chi connectivity index (χ0v) is 18.8. The standard InChI is InChI=1S/C19H23Cl2FN6S/c1-19(2,3)10-24-5-4-6-28-16-14(15(23)26-17(22)27-16)25-18(28)29-13-8-11(20)7-12(21)9-13/h7-9,24H,4-6,10H2,1-3H3,(H2,23,26,27). The van der Waals surface area contributed by atoms with Crippen molar-refractivity contribution in [1.82, 2.24) is 24.8 Å². The molecule has 3 aromatic rings. The number of hydrogen-bond donors (Lipinski definition) is 2. The highest BCUT2D eigenvalue weighted by Gasteiger charge is 2.18. The molecule has 3 rings (SSSR count). The summed E-state index contributed by atoms with van der Waals surface area (Å²) in [5, 5.41) is 5.12. The molecule has 0 atom stereocenters. The van der Waals surface area contributed by atoms with Gasteiger partial charge in [0.1, 0.15) is 0 Å². The summed E-state index contributed by atoms with van der Waals surface area (Å²) in [6, 6.07) is 5.25. The van der Waals surface area contributed by atoms with E-state index in [-0.39, 0.29) is 11.2 Å². The molecule has 0 aliphatic heterocycles. The van der Waals surface area contributed by atoms with Gasteiger partial charge in [-0.2, -0.15) is 14.4 Å². The number of nitrogen functional groups attached to an aromatic ring is 1. The molecule has 6 nitrogen and oxygen atoms in total. The van der Waals surface area contributed by atoms with Crippen molar-refractivity contribution in [2.45, 2.75) is 43.8 Å². The minimum Gasteiger partial charge on any atom is -0.382 e.